The molecule has 0 radical (unpaired) electrons. The standard InChI is InChI=1S/C17H15ClNO2/c1-19(2,3)13-9-8-12-14(15(13)18)17(21)11-7-5-4-6-10(11)16(12)20/h4-9H,1-3H3/q+1. The summed E-state index contributed by atoms with van der Waals surface area (Å²) >= 11 is 6.45. The van der Waals surface area contributed by atoms with Crippen molar-refractivity contribution in [2.24, 2.45) is 0 Å². The normalized spacial score (nSPS) is 13.9. The van der Waals surface area contributed by atoms with Crippen LogP contribution >= 0.6 is 11.6 Å². The van der Waals surface area contributed by atoms with Crippen molar-refractivity contribution in [3.05, 3.63) is 63.7 Å². The first-order chi connectivity index (χ1) is 9.82. The molecule has 21 heavy (non-hydrogen) atoms. The number of quaternary nitrogens is 1. The van der Waals surface area contributed by atoms with Gasteiger partial charge in [0.1, 0.15) is 5.02 Å². The fourth-order valence-corrected chi connectivity index (χ4v) is 3.16. The van der Waals surface area contributed by atoms with E-state index in [0.29, 0.717) is 31.8 Å². The molecule has 0 unspecified atom stereocenters. The van der Waals surface area contributed by atoms with E-state index in [9.17, 15) is 9.59 Å². The second-order valence-electron chi connectivity index (χ2n) is 6.04. The second-order valence-corrected chi connectivity index (χ2v) is 6.42. The Kier molecular flexibility index (Phi) is 3.01. The molecule has 1 aliphatic carbocycles. The summed E-state index contributed by atoms with van der Waals surface area (Å²) in [5.41, 5.74) is 2.40. The molecule has 0 fully saturated rings. The third-order valence-electron chi connectivity index (χ3n) is 3.73. The summed E-state index contributed by atoms with van der Waals surface area (Å²) in [5.74, 6) is -0.324. The van der Waals surface area contributed by atoms with Crippen LogP contribution in [-0.4, -0.2) is 32.7 Å². The van der Waals surface area contributed by atoms with Crippen LogP contribution in [0.1, 0.15) is 31.8 Å². The van der Waals surface area contributed by atoms with Gasteiger partial charge in [0, 0.05) is 22.8 Å². The molecule has 2 aromatic rings. The first-order valence-electron chi connectivity index (χ1n) is 6.65. The van der Waals surface area contributed by atoms with Gasteiger partial charge in [-0.2, -0.15) is 0 Å². The summed E-state index contributed by atoms with van der Waals surface area (Å²) in [6.45, 7) is 0. The van der Waals surface area contributed by atoms with Gasteiger partial charge in [0.15, 0.2) is 17.3 Å². The van der Waals surface area contributed by atoms with E-state index in [4.69, 9.17) is 11.6 Å². The number of hydrogen-bond donors (Lipinski definition) is 0. The minimum absolute atomic E-state index is 0.143. The highest BCUT2D eigenvalue weighted by molar-refractivity contribution is 6.41. The topological polar surface area (TPSA) is 34.1 Å². The Morgan fingerprint density at radius 2 is 1.38 bits per heavy atom. The third-order valence-corrected chi connectivity index (χ3v) is 4.11. The molecule has 0 amide bonds. The van der Waals surface area contributed by atoms with E-state index < -0.39 is 0 Å². The van der Waals surface area contributed by atoms with Gasteiger partial charge >= 0.3 is 0 Å². The fraction of sp³-hybridized carbons (Fsp3) is 0.176. The number of fused-ring (bicyclic) bond motifs is 2. The van der Waals surface area contributed by atoms with Gasteiger partial charge in [-0.15, -0.1) is 0 Å². The predicted molar refractivity (Wildman–Crippen MR) is 84.3 cm³/mol. The maximum Gasteiger partial charge on any atom is 0.196 e. The average molecular weight is 301 g/mol. The molecule has 3 rings (SSSR count). The van der Waals surface area contributed by atoms with E-state index in [1.807, 2.05) is 27.2 Å². The van der Waals surface area contributed by atoms with Crippen molar-refractivity contribution in [3.8, 4) is 0 Å². The Balaban J connectivity index is 2.32. The van der Waals surface area contributed by atoms with Crippen LogP contribution in [0.25, 0.3) is 0 Å². The largest absolute Gasteiger partial charge is 0.297 e. The number of rotatable bonds is 1. The van der Waals surface area contributed by atoms with E-state index in [1.54, 1.807) is 30.3 Å². The molecule has 0 aliphatic heterocycles. The Hall–Kier alpha value is -1.97. The van der Waals surface area contributed by atoms with Crippen LogP contribution in [0.3, 0.4) is 0 Å². The van der Waals surface area contributed by atoms with Gasteiger partial charge in [0.05, 0.1) is 26.7 Å². The molecule has 0 heterocycles. The van der Waals surface area contributed by atoms with Crippen molar-refractivity contribution in [1.29, 1.82) is 0 Å². The van der Waals surface area contributed by atoms with E-state index >= 15 is 0 Å². The third kappa shape index (κ3) is 2.01. The summed E-state index contributed by atoms with van der Waals surface area (Å²) in [7, 11) is 5.91. The number of hydrogen-bond acceptors (Lipinski definition) is 2. The summed E-state index contributed by atoms with van der Waals surface area (Å²) < 4.78 is 0.481. The highest BCUT2D eigenvalue weighted by Crippen LogP contribution is 2.38. The SMILES string of the molecule is C[N+](C)(C)c1ccc2c(c1Cl)C(=O)c1ccccc1C2=O. The highest BCUT2D eigenvalue weighted by Gasteiger charge is 2.34. The lowest BCUT2D eigenvalue weighted by atomic mass is 9.83. The minimum atomic E-state index is -0.180. The van der Waals surface area contributed by atoms with Gasteiger partial charge in [0.2, 0.25) is 0 Å². The van der Waals surface area contributed by atoms with Crippen molar-refractivity contribution < 1.29 is 9.59 Å². The number of carbonyl (C=O) groups is 2. The predicted octanol–water partition coefficient (Wildman–Crippen LogP) is 3.31. The molecular formula is C17H15ClNO2+. The van der Waals surface area contributed by atoms with E-state index in [-0.39, 0.29) is 11.6 Å². The average Bonchev–Trinajstić information content (AvgIpc) is 2.43. The van der Waals surface area contributed by atoms with Crippen LogP contribution in [0, 0.1) is 0 Å². The van der Waals surface area contributed by atoms with E-state index in [1.165, 1.54) is 0 Å². The van der Waals surface area contributed by atoms with Crippen molar-refractivity contribution in [2.45, 2.75) is 0 Å². The van der Waals surface area contributed by atoms with Crippen molar-refractivity contribution in [2.75, 3.05) is 21.1 Å². The molecule has 0 saturated carbocycles. The monoisotopic (exact) mass is 300 g/mol. The maximum atomic E-state index is 12.7. The fourth-order valence-electron chi connectivity index (χ4n) is 2.65. The zero-order valence-electron chi connectivity index (χ0n) is 12.1. The van der Waals surface area contributed by atoms with Gasteiger partial charge < -0.3 is 0 Å². The van der Waals surface area contributed by atoms with Gasteiger partial charge in [-0.1, -0.05) is 35.9 Å². The lowest BCUT2D eigenvalue weighted by molar-refractivity contribution is 0.0979. The molecule has 1 aliphatic rings. The molecule has 0 aromatic heterocycles. The first kappa shape index (κ1) is 14.0. The van der Waals surface area contributed by atoms with Gasteiger partial charge in [0.25, 0.3) is 0 Å². The highest BCUT2D eigenvalue weighted by atomic mass is 35.5. The maximum absolute atomic E-state index is 12.7. The smallest absolute Gasteiger partial charge is 0.196 e. The number of benzene rings is 2. The molecule has 0 saturated heterocycles. The number of carbonyl (C=O) groups excluding carboxylic acids is 2. The number of halogens is 1. The molecule has 4 heteroatoms. The van der Waals surface area contributed by atoms with E-state index in [2.05, 4.69) is 0 Å². The molecule has 0 atom stereocenters. The molecule has 2 aromatic carbocycles. The van der Waals surface area contributed by atoms with Crippen molar-refractivity contribution >= 4 is 28.9 Å². The molecule has 3 nitrogen and oxygen atoms in total. The molecule has 106 valence electrons. The lowest BCUT2D eigenvalue weighted by Crippen LogP contribution is -2.36. The molecule has 0 N–H and O–H groups in total. The minimum Gasteiger partial charge on any atom is -0.297 e. The first-order valence-corrected chi connectivity index (χ1v) is 7.03. The summed E-state index contributed by atoms with van der Waals surface area (Å²) in [6, 6.07) is 10.4. The van der Waals surface area contributed by atoms with Gasteiger partial charge in [-0.25, -0.2) is 0 Å². The molecule has 0 spiro atoms. The van der Waals surface area contributed by atoms with Crippen LogP contribution in [0.4, 0.5) is 5.69 Å². The summed E-state index contributed by atoms with van der Waals surface area (Å²) in [5, 5.41) is 0.368. The lowest BCUT2D eigenvalue weighted by Gasteiger charge is -2.27. The van der Waals surface area contributed by atoms with Crippen molar-refractivity contribution in [1.82, 2.24) is 4.48 Å². The van der Waals surface area contributed by atoms with Crippen molar-refractivity contribution in [3.63, 3.8) is 0 Å². The second kappa shape index (κ2) is 4.52. The zero-order valence-corrected chi connectivity index (χ0v) is 12.9. The Bertz CT molecular complexity index is 788. The molecule has 0 bridgehead atoms. The van der Waals surface area contributed by atoms with Crippen LogP contribution < -0.4 is 4.48 Å². The van der Waals surface area contributed by atoms with Crippen LogP contribution in [0.5, 0.6) is 0 Å². The van der Waals surface area contributed by atoms with Crippen LogP contribution in [0.15, 0.2) is 36.4 Å². The van der Waals surface area contributed by atoms with Gasteiger partial charge in [-0.05, 0) is 6.07 Å². The van der Waals surface area contributed by atoms with Gasteiger partial charge in [-0.3, -0.25) is 14.1 Å². The zero-order chi connectivity index (χ0) is 15.4. The Morgan fingerprint density at radius 1 is 0.810 bits per heavy atom. The summed E-state index contributed by atoms with van der Waals surface area (Å²) in [6.07, 6.45) is 0. The van der Waals surface area contributed by atoms with Crippen LogP contribution in [0.2, 0.25) is 5.02 Å². The Morgan fingerprint density at radius 3 is 1.95 bits per heavy atom. The molecular weight excluding hydrogens is 286 g/mol. The van der Waals surface area contributed by atoms with E-state index in [0.717, 1.165) is 5.69 Å². The number of nitrogens with zero attached hydrogens (tertiary/aromatic N) is 1. The summed E-state index contributed by atoms with van der Waals surface area (Å²) in [4.78, 5) is 25.3. The Labute approximate surface area is 128 Å². The quantitative estimate of drug-likeness (QED) is 0.646. The number of ketones is 2. The van der Waals surface area contributed by atoms with Crippen LogP contribution in [-0.2, 0) is 0 Å².